The van der Waals surface area contributed by atoms with E-state index in [0.717, 1.165) is 5.57 Å². The van der Waals surface area contributed by atoms with Crippen LogP contribution >= 0.6 is 0 Å². The lowest BCUT2D eigenvalue weighted by Crippen LogP contribution is -2.58. The number of rotatable bonds is 8. The van der Waals surface area contributed by atoms with Crippen molar-refractivity contribution in [3.63, 3.8) is 0 Å². The number of anilines is 1. The van der Waals surface area contributed by atoms with E-state index in [1.54, 1.807) is 66.7 Å². The van der Waals surface area contributed by atoms with Crippen LogP contribution in [0.4, 0.5) is 5.69 Å². The topological polar surface area (TPSA) is 118 Å². The maximum atomic E-state index is 15.3. The van der Waals surface area contributed by atoms with Crippen molar-refractivity contribution < 1.29 is 33.8 Å². The van der Waals surface area contributed by atoms with Gasteiger partial charge < -0.3 is 9.84 Å². The number of allylic oxidation sites excluding steroid dienone is 4. The highest BCUT2D eigenvalue weighted by atomic mass is 16.5. The van der Waals surface area contributed by atoms with Gasteiger partial charge in [-0.05, 0) is 84.8 Å². The lowest BCUT2D eigenvalue weighted by molar-refractivity contribution is -0.135. The Hall–Kier alpha value is -6.67. The van der Waals surface area contributed by atoms with Crippen LogP contribution in [0.5, 0.6) is 11.5 Å². The fourth-order valence-corrected chi connectivity index (χ4v) is 10.0. The number of nitrogens with zero attached hydrogens (tertiary/aromatic N) is 1. The number of Topliss-reactive ketones (excluding diaryl/α,β-unsaturated/α-hetero) is 1. The monoisotopic (exact) mass is 753 g/mol. The van der Waals surface area contributed by atoms with E-state index in [1.807, 2.05) is 79.7 Å². The second-order valence-corrected chi connectivity index (χ2v) is 15.2. The van der Waals surface area contributed by atoms with Crippen LogP contribution in [0.25, 0.3) is 5.57 Å². The molecule has 3 aliphatic carbocycles. The molecule has 1 aliphatic heterocycles. The number of hydrogen-bond acceptors (Lipinski definition) is 7. The Morgan fingerprint density at radius 1 is 0.772 bits per heavy atom. The van der Waals surface area contributed by atoms with Gasteiger partial charge in [0.2, 0.25) is 11.8 Å². The molecule has 1 N–H and O–H groups in total. The summed E-state index contributed by atoms with van der Waals surface area (Å²) < 4.78 is 5.85. The molecule has 2 amide bonds. The molecule has 1 saturated carbocycles. The number of benzene rings is 5. The summed E-state index contributed by atoms with van der Waals surface area (Å²) in [6.07, 6.45) is 3.93. The molecule has 0 unspecified atom stereocenters. The fraction of sp³-hybridized carbons (Fsp3) is 0.204. The summed E-state index contributed by atoms with van der Waals surface area (Å²) >= 11 is 0. The van der Waals surface area contributed by atoms with Crippen molar-refractivity contribution in [2.45, 2.75) is 31.1 Å². The summed E-state index contributed by atoms with van der Waals surface area (Å²) in [4.78, 5) is 74.0. The predicted octanol–water partition coefficient (Wildman–Crippen LogP) is 8.05. The number of ether oxygens (including phenoxy) is 1. The smallest absolute Gasteiger partial charge is 0.238 e. The van der Waals surface area contributed by atoms with Crippen LogP contribution in [0.3, 0.4) is 0 Å². The van der Waals surface area contributed by atoms with Gasteiger partial charge >= 0.3 is 0 Å². The summed E-state index contributed by atoms with van der Waals surface area (Å²) in [7, 11) is 0. The average Bonchev–Trinajstić information content (AvgIpc) is 3.51. The lowest BCUT2D eigenvalue weighted by Gasteiger charge is -2.55. The zero-order valence-corrected chi connectivity index (χ0v) is 31.2. The highest BCUT2D eigenvalue weighted by Gasteiger charge is 2.66. The maximum Gasteiger partial charge on any atom is 0.238 e. The predicted molar refractivity (Wildman–Crippen MR) is 215 cm³/mol. The van der Waals surface area contributed by atoms with Crippen LogP contribution in [0.15, 0.2) is 151 Å². The Morgan fingerprint density at radius 2 is 1.42 bits per heavy atom. The van der Waals surface area contributed by atoms with Crippen molar-refractivity contribution in [3.8, 4) is 11.5 Å². The zero-order valence-electron chi connectivity index (χ0n) is 31.2. The van der Waals surface area contributed by atoms with Gasteiger partial charge in [-0.25, -0.2) is 0 Å². The number of phenolic OH excluding ortho intramolecular Hbond substituents is 1. The molecular weight excluding hydrogens is 715 g/mol. The Morgan fingerprint density at radius 3 is 2.11 bits per heavy atom. The summed E-state index contributed by atoms with van der Waals surface area (Å²) in [6, 6.07) is 39.0. The van der Waals surface area contributed by atoms with E-state index in [4.69, 9.17) is 4.74 Å². The molecule has 1 saturated heterocycles. The number of imide groups is 1. The number of carbonyl (C=O) groups is 5. The molecule has 5 aromatic rings. The third kappa shape index (κ3) is 5.61. The normalized spacial score (nSPS) is 25.2. The SMILES string of the molecule is CCOc1cc([C@H]2C3=CC[C@@H]4C(=O)N(c5ccc(C(=O)c6ccccc6)cc5)C(=O)[C@@H]4[C@@H]3C[C@H]3C(=O)C(c4ccccc4)=CC(=O)[C@@]23c2ccccc2)ccc1O. The van der Waals surface area contributed by atoms with Gasteiger partial charge in [-0.1, -0.05) is 109 Å². The quantitative estimate of drug-likeness (QED) is 0.0968. The molecule has 0 aromatic heterocycles. The molecule has 5 aromatic carbocycles. The van der Waals surface area contributed by atoms with Crippen molar-refractivity contribution in [1.29, 1.82) is 0 Å². The van der Waals surface area contributed by atoms with Crippen LogP contribution in [0.2, 0.25) is 0 Å². The van der Waals surface area contributed by atoms with E-state index in [0.29, 0.717) is 39.1 Å². The number of hydrogen-bond donors (Lipinski definition) is 1. The van der Waals surface area contributed by atoms with Gasteiger partial charge in [-0.15, -0.1) is 0 Å². The first kappa shape index (κ1) is 36.0. The third-order valence-electron chi connectivity index (χ3n) is 12.4. The molecule has 8 nitrogen and oxygen atoms in total. The Bertz CT molecular complexity index is 2510. The summed E-state index contributed by atoms with van der Waals surface area (Å²) in [6.45, 7) is 2.11. The van der Waals surface area contributed by atoms with Crippen LogP contribution in [-0.4, -0.2) is 40.9 Å². The van der Waals surface area contributed by atoms with E-state index in [1.165, 1.54) is 11.0 Å². The van der Waals surface area contributed by atoms with Crippen molar-refractivity contribution in [2.24, 2.45) is 23.7 Å². The largest absolute Gasteiger partial charge is 0.504 e. The molecule has 6 atom stereocenters. The number of amides is 2. The first-order valence-electron chi connectivity index (χ1n) is 19.4. The summed E-state index contributed by atoms with van der Waals surface area (Å²) in [5, 5.41) is 10.8. The number of carbonyl (C=O) groups excluding carboxylic acids is 5. The molecule has 2 fully saturated rings. The van der Waals surface area contributed by atoms with Gasteiger partial charge in [-0.2, -0.15) is 0 Å². The molecule has 0 spiro atoms. The minimum absolute atomic E-state index is 0.0584. The zero-order chi connectivity index (χ0) is 39.4. The lowest BCUT2D eigenvalue weighted by atomic mass is 9.44. The average molecular weight is 754 g/mol. The van der Waals surface area contributed by atoms with E-state index >= 15 is 9.59 Å². The van der Waals surface area contributed by atoms with Gasteiger partial charge in [0.05, 0.1) is 29.5 Å². The molecular formula is C49H39NO7. The molecule has 8 heteroatoms. The molecule has 1 heterocycles. The van der Waals surface area contributed by atoms with E-state index < -0.39 is 35.0 Å². The first-order chi connectivity index (χ1) is 27.7. The van der Waals surface area contributed by atoms with Crippen molar-refractivity contribution in [2.75, 3.05) is 11.5 Å². The van der Waals surface area contributed by atoms with Gasteiger partial charge in [-0.3, -0.25) is 28.9 Å². The van der Waals surface area contributed by atoms with E-state index in [-0.39, 0.29) is 60.1 Å². The van der Waals surface area contributed by atoms with Gasteiger partial charge in [0, 0.05) is 28.5 Å². The molecule has 0 bridgehead atoms. The first-order valence-corrected chi connectivity index (χ1v) is 19.4. The molecule has 0 radical (unpaired) electrons. The Balaban J connectivity index is 1.18. The van der Waals surface area contributed by atoms with Crippen LogP contribution in [0, 0.1) is 23.7 Å². The molecule has 9 rings (SSSR count). The van der Waals surface area contributed by atoms with Gasteiger partial charge in [0.1, 0.15) is 0 Å². The van der Waals surface area contributed by atoms with Crippen molar-refractivity contribution >= 4 is 40.4 Å². The van der Waals surface area contributed by atoms with E-state index in [2.05, 4.69) is 0 Å². The standard InChI is InChI=1S/C49H39NO7/c1-2-57-41-26-32(20-25-40(41)51)44-35-23-24-36-43(48(56)50(47(36)55)34-21-18-31(19-22-34)45(53)30-14-8-4-9-15-30)38(35)27-39-46(54)37(29-12-6-3-7-13-29)28-42(52)49(39,44)33-16-10-5-11-17-33/h3-23,25-26,28,36,38-39,43-44,51H,2,24,27H2,1H3/t36-,38+,39-,43-,44-,49-/m0/s1. The van der Waals surface area contributed by atoms with Crippen LogP contribution in [0.1, 0.15) is 58.3 Å². The number of ketones is 3. The second kappa shape index (κ2) is 14.1. The molecule has 4 aliphatic rings. The van der Waals surface area contributed by atoms with E-state index in [9.17, 15) is 19.5 Å². The summed E-state index contributed by atoms with van der Waals surface area (Å²) in [5.41, 5.74) is 3.02. The van der Waals surface area contributed by atoms with Gasteiger partial charge in [0.15, 0.2) is 28.8 Å². The van der Waals surface area contributed by atoms with Crippen LogP contribution in [-0.2, 0) is 24.6 Å². The minimum Gasteiger partial charge on any atom is -0.504 e. The summed E-state index contributed by atoms with van der Waals surface area (Å²) in [5.74, 6) is -4.80. The number of aromatic hydroxyl groups is 1. The Labute approximate surface area is 330 Å². The minimum atomic E-state index is -1.40. The highest BCUT2D eigenvalue weighted by Crippen LogP contribution is 2.64. The second-order valence-electron chi connectivity index (χ2n) is 15.2. The number of phenols is 1. The van der Waals surface area contributed by atoms with Gasteiger partial charge in [0.25, 0.3) is 0 Å². The Kier molecular flexibility index (Phi) is 8.92. The molecule has 57 heavy (non-hydrogen) atoms. The highest BCUT2D eigenvalue weighted by molar-refractivity contribution is 6.32. The third-order valence-corrected chi connectivity index (χ3v) is 12.4. The van der Waals surface area contributed by atoms with Crippen molar-refractivity contribution in [1.82, 2.24) is 0 Å². The van der Waals surface area contributed by atoms with Crippen LogP contribution < -0.4 is 9.64 Å². The fourth-order valence-electron chi connectivity index (χ4n) is 10.0. The van der Waals surface area contributed by atoms with Crippen molar-refractivity contribution in [3.05, 3.63) is 179 Å². The maximum absolute atomic E-state index is 15.3. The molecule has 282 valence electrons. The number of fused-ring (bicyclic) bond motifs is 4.